The number of carbonyl (C=O) groups is 2. The molecule has 2 aromatic rings. The average Bonchev–Trinajstić information content (AvgIpc) is 2.74. The second kappa shape index (κ2) is 5.70. The number of hydrogen-bond acceptors (Lipinski definition) is 2. The van der Waals surface area contributed by atoms with E-state index in [4.69, 9.17) is 11.6 Å². The highest BCUT2D eigenvalue weighted by Gasteiger charge is 2.48. The predicted octanol–water partition coefficient (Wildman–Crippen LogP) is 3.62. The fourth-order valence-electron chi connectivity index (χ4n) is 2.78. The fourth-order valence-corrected chi connectivity index (χ4v) is 2.90. The van der Waals surface area contributed by atoms with Gasteiger partial charge in [0.1, 0.15) is 5.54 Å². The fraction of sp³-hybridized carbons (Fsp3) is 0.222. The van der Waals surface area contributed by atoms with Crippen LogP contribution in [0.5, 0.6) is 0 Å². The van der Waals surface area contributed by atoms with Crippen LogP contribution in [0.25, 0.3) is 0 Å². The Hall–Kier alpha value is -2.33. The zero-order valence-electron chi connectivity index (χ0n) is 13.0. The predicted molar refractivity (Wildman–Crippen MR) is 89.1 cm³/mol. The number of rotatable bonds is 3. The molecule has 23 heavy (non-hydrogen) atoms. The van der Waals surface area contributed by atoms with Crippen molar-refractivity contribution in [3.63, 3.8) is 0 Å². The van der Waals surface area contributed by atoms with E-state index < -0.39 is 5.54 Å². The van der Waals surface area contributed by atoms with Gasteiger partial charge in [-0.2, -0.15) is 0 Å². The molecular weight excluding hydrogens is 312 g/mol. The van der Waals surface area contributed by atoms with Crippen LogP contribution < -0.4 is 5.32 Å². The quantitative estimate of drug-likeness (QED) is 0.875. The lowest BCUT2D eigenvalue weighted by molar-refractivity contribution is -0.131. The summed E-state index contributed by atoms with van der Waals surface area (Å²) >= 11 is 5.90. The first-order valence-electron chi connectivity index (χ1n) is 7.36. The number of benzene rings is 2. The monoisotopic (exact) mass is 328 g/mol. The van der Waals surface area contributed by atoms with E-state index in [1.807, 2.05) is 31.2 Å². The van der Waals surface area contributed by atoms with Crippen molar-refractivity contribution in [3.05, 3.63) is 70.2 Å². The molecule has 4 nitrogen and oxygen atoms in total. The molecule has 3 amide bonds. The van der Waals surface area contributed by atoms with Crippen LogP contribution in [0.4, 0.5) is 4.79 Å². The topological polar surface area (TPSA) is 49.4 Å². The van der Waals surface area contributed by atoms with Crippen LogP contribution in [0.3, 0.4) is 0 Å². The zero-order valence-corrected chi connectivity index (χ0v) is 13.7. The van der Waals surface area contributed by atoms with Crippen molar-refractivity contribution in [2.75, 3.05) is 0 Å². The summed E-state index contributed by atoms with van der Waals surface area (Å²) in [6, 6.07) is 14.3. The van der Waals surface area contributed by atoms with Gasteiger partial charge in [0.2, 0.25) is 0 Å². The second-order valence-corrected chi connectivity index (χ2v) is 6.32. The molecule has 1 fully saturated rings. The van der Waals surface area contributed by atoms with Gasteiger partial charge in [0, 0.05) is 5.02 Å². The third-order valence-corrected chi connectivity index (χ3v) is 4.54. The summed E-state index contributed by atoms with van der Waals surface area (Å²) in [6.45, 7) is 3.95. The van der Waals surface area contributed by atoms with Crippen molar-refractivity contribution in [2.24, 2.45) is 0 Å². The van der Waals surface area contributed by atoms with E-state index in [1.54, 1.807) is 31.2 Å². The van der Waals surface area contributed by atoms with Crippen molar-refractivity contribution in [2.45, 2.75) is 25.9 Å². The molecule has 0 aliphatic carbocycles. The minimum Gasteiger partial charge on any atom is -0.319 e. The lowest BCUT2D eigenvalue weighted by atomic mass is 9.92. The number of nitrogens with zero attached hydrogens (tertiary/aromatic N) is 1. The van der Waals surface area contributed by atoms with Crippen LogP contribution in [0.1, 0.15) is 23.6 Å². The molecule has 1 heterocycles. The zero-order chi connectivity index (χ0) is 16.6. The number of urea groups is 1. The number of aryl methyl sites for hydroxylation is 1. The average molecular weight is 329 g/mol. The molecule has 118 valence electrons. The molecule has 0 aromatic heterocycles. The number of nitrogens with one attached hydrogen (secondary N) is 1. The molecule has 3 rings (SSSR count). The maximum atomic E-state index is 12.8. The first kappa shape index (κ1) is 15.6. The SMILES string of the molecule is Cc1ccccc1CN1C(=O)N[C@](C)(c2ccc(Cl)cc2)C1=O. The minimum atomic E-state index is -1.07. The summed E-state index contributed by atoms with van der Waals surface area (Å²) in [5.41, 5.74) is 1.65. The van der Waals surface area contributed by atoms with Crippen molar-refractivity contribution in [1.29, 1.82) is 0 Å². The molecule has 0 spiro atoms. The van der Waals surface area contributed by atoms with E-state index in [9.17, 15) is 9.59 Å². The van der Waals surface area contributed by atoms with E-state index in [1.165, 1.54) is 4.90 Å². The lowest BCUT2D eigenvalue weighted by Crippen LogP contribution is -2.40. The number of carbonyl (C=O) groups excluding carboxylic acids is 2. The third kappa shape index (κ3) is 2.70. The maximum Gasteiger partial charge on any atom is 0.325 e. The summed E-state index contributed by atoms with van der Waals surface area (Å²) in [7, 11) is 0. The van der Waals surface area contributed by atoms with E-state index in [2.05, 4.69) is 5.32 Å². The van der Waals surface area contributed by atoms with Gasteiger partial charge >= 0.3 is 6.03 Å². The van der Waals surface area contributed by atoms with Gasteiger partial charge in [-0.05, 0) is 42.7 Å². The van der Waals surface area contributed by atoms with E-state index in [-0.39, 0.29) is 18.5 Å². The van der Waals surface area contributed by atoms with Crippen LogP contribution >= 0.6 is 11.6 Å². The van der Waals surface area contributed by atoms with Gasteiger partial charge in [-0.3, -0.25) is 9.69 Å². The Morgan fingerprint density at radius 2 is 1.74 bits per heavy atom. The summed E-state index contributed by atoms with van der Waals surface area (Å²) in [4.78, 5) is 26.4. The molecule has 1 aliphatic rings. The number of imide groups is 1. The molecule has 1 atom stereocenters. The highest BCUT2D eigenvalue weighted by molar-refractivity contribution is 6.30. The van der Waals surface area contributed by atoms with Crippen molar-refractivity contribution < 1.29 is 9.59 Å². The van der Waals surface area contributed by atoms with Gasteiger partial charge in [-0.15, -0.1) is 0 Å². The Morgan fingerprint density at radius 3 is 2.39 bits per heavy atom. The maximum absolute atomic E-state index is 12.8. The number of halogens is 1. The van der Waals surface area contributed by atoms with Gasteiger partial charge < -0.3 is 5.32 Å². The minimum absolute atomic E-state index is 0.256. The number of hydrogen-bond donors (Lipinski definition) is 1. The van der Waals surface area contributed by atoms with Gasteiger partial charge in [-0.1, -0.05) is 48.0 Å². The Balaban J connectivity index is 1.90. The number of amides is 3. The summed E-state index contributed by atoms with van der Waals surface area (Å²) in [5.74, 6) is -0.256. The standard InChI is InChI=1S/C18H17ClN2O2/c1-12-5-3-4-6-13(12)11-21-16(22)18(2,20-17(21)23)14-7-9-15(19)10-8-14/h3-10H,11H2,1-2H3,(H,20,23)/t18-/m1/s1. The van der Waals surface area contributed by atoms with Crippen molar-refractivity contribution >= 4 is 23.5 Å². The third-order valence-electron chi connectivity index (χ3n) is 4.29. The van der Waals surface area contributed by atoms with Crippen LogP contribution in [0.2, 0.25) is 5.02 Å². The largest absolute Gasteiger partial charge is 0.325 e. The Labute approximate surface area is 140 Å². The van der Waals surface area contributed by atoms with Crippen LogP contribution in [-0.2, 0) is 16.9 Å². The molecule has 5 heteroatoms. The summed E-state index contributed by atoms with van der Waals surface area (Å²) < 4.78 is 0. The lowest BCUT2D eigenvalue weighted by Gasteiger charge is -2.22. The van der Waals surface area contributed by atoms with Gasteiger partial charge in [0.05, 0.1) is 6.54 Å². The molecule has 0 bridgehead atoms. The molecule has 0 unspecified atom stereocenters. The first-order chi connectivity index (χ1) is 10.9. The Bertz CT molecular complexity index is 773. The molecule has 2 aromatic carbocycles. The molecule has 0 radical (unpaired) electrons. The van der Waals surface area contributed by atoms with E-state index in [0.717, 1.165) is 11.1 Å². The summed E-state index contributed by atoms with van der Waals surface area (Å²) in [6.07, 6.45) is 0. The van der Waals surface area contributed by atoms with Crippen molar-refractivity contribution in [3.8, 4) is 0 Å². The smallest absolute Gasteiger partial charge is 0.319 e. The Morgan fingerprint density at radius 1 is 1.09 bits per heavy atom. The molecule has 1 N–H and O–H groups in total. The van der Waals surface area contributed by atoms with E-state index in [0.29, 0.717) is 10.6 Å². The van der Waals surface area contributed by atoms with Crippen LogP contribution in [0.15, 0.2) is 48.5 Å². The molecule has 1 aliphatic heterocycles. The molecular formula is C18H17ClN2O2. The highest BCUT2D eigenvalue weighted by Crippen LogP contribution is 2.30. The van der Waals surface area contributed by atoms with Gasteiger partial charge in [-0.25, -0.2) is 4.79 Å². The van der Waals surface area contributed by atoms with Gasteiger partial charge in [0.25, 0.3) is 5.91 Å². The first-order valence-corrected chi connectivity index (χ1v) is 7.74. The Kier molecular flexibility index (Phi) is 3.86. The molecule has 1 saturated heterocycles. The van der Waals surface area contributed by atoms with E-state index >= 15 is 0 Å². The normalized spacial score (nSPS) is 20.7. The second-order valence-electron chi connectivity index (χ2n) is 5.88. The summed E-state index contributed by atoms with van der Waals surface area (Å²) in [5, 5.41) is 3.39. The van der Waals surface area contributed by atoms with Gasteiger partial charge in [0.15, 0.2) is 0 Å². The van der Waals surface area contributed by atoms with Crippen LogP contribution in [0, 0.1) is 6.92 Å². The highest BCUT2D eigenvalue weighted by atomic mass is 35.5. The van der Waals surface area contributed by atoms with Crippen LogP contribution in [-0.4, -0.2) is 16.8 Å². The van der Waals surface area contributed by atoms with Crippen molar-refractivity contribution in [1.82, 2.24) is 10.2 Å². The molecule has 0 saturated carbocycles.